The Labute approximate surface area is 169 Å². The van der Waals surface area contributed by atoms with Crippen molar-refractivity contribution in [3.63, 3.8) is 0 Å². The van der Waals surface area contributed by atoms with Crippen molar-refractivity contribution >= 4 is 11.8 Å². The number of pyridine rings is 1. The van der Waals surface area contributed by atoms with Crippen LogP contribution in [0, 0.1) is 25.2 Å². The first kappa shape index (κ1) is 20.5. The van der Waals surface area contributed by atoms with Gasteiger partial charge in [0.2, 0.25) is 11.7 Å². The summed E-state index contributed by atoms with van der Waals surface area (Å²) < 4.78 is 39.6. The van der Waals surface area contributed by atoms with E-state index in [0.717, 1.165) is 11.3 Å². The maximum absolute atomic E-state index is 12.4. The molecule has 0 unspecified atom stereocenters. The Morgan fingerprint density at radius 2 is 2.00 bits per heavy atom. The van der Waals surface area contributed by atoms with Gasteiger partial charge in [0.15, 0.2) is 11.5 Å². The summed E-state index contributed by atoms with van der Waals surface area (Å²) >= 11 is 1.32. The normalized spacial score (nSPS) is 10.8. The van der Waals surface area contributed by atoms with Gasteiger partial charge in [-0.15, -0.1) is 0 Å². The van der Waals surface area contributed by atoms with E-state index in [1.165, 1.54) is 37.1 Å². The first-order chi connectivity index (χ1) is 13.9. The molecule has 0 radical (unpaired) electrons. The predicted molar refractivity (Wildman–Crippen MR) is 101 cm³/mol. The third-order valence-electron chi connectivity index (χ3n) is 3.86. The van der Waals surface area contributed by atoms with Gasteiger partial charge in [0.05, 0.1) is 18.4 Å². The molecule has 0 aliphatic heterocycles. The maximum Gasteiger partial charge on any atom is 0.387 e. The van der Waals surface area contributed by atoms with Gasteiger partial charge in [-0.2, -0.15) is 19.0 Å². The molecule has 150 valence electrons. The maximum atomic E-state index is 12.4. The van der Waals surface area contributed by atoms with Gasteiger partial charge in [0.25, 0.3) is 0 Å². The fourth-order valence-electron chi connectivity index (χ4n) is 2.60. The average Bonchev–Trinajstić information content (AvgIpc) is 3.15. The number of nitriles is 1. The minimum Gasteiger partial charge on any atom is -0.493 e. The quantitative estimate of drug-likeness (QED) is 0.517. The van der Waals surface area contributed by atoms with Crippen LogP contribution < -0.4 is 9.47 Å². The highest BCUT2D eigenvalue weighted by Crippen LogP contribution is 2.33. The van der Waals surface area contributed by atoms with Gasteiger partial charge in [-0.05, 0) is 43.7 Å². The lowest BCUT2D eigenvalue weighted by atomic mass is 10.1. The highest BCUT2D eigenvalue weighted by Gasteiger charge is 2.16. The van der Waals surface area contributed by atoms with Gasteiger partial charge in [-0.3, -0.25) is 0 Å². The van der Waals surface area contributed by atoms with Gasteiger partial charge in [0.1, 0.15) is 11.1 Å². The minimum atomic E-state index is -2.96. The van der Waals surface area contributed by atoms with Crippen LogP contribution in [0.25, 0.3) is 11.4 Å². The Morgan fingerprint density at radius 1 is 1.21 bits per heavy atom. The SMILES string of the molecule is COc1cc(-c2noc(CSc3nc(C)cc(C)c3C#N)n2)ccc1OC(F)F. The largest absolute Gasteiger partial charge is 0.493 e. The molecule has 3 rings (SSSR count). The molecule has 0 aliphatic rings. The summed E-state index contributed by atoms with van der Waals surface area (Å²) in [5, 5.41) is 13.9. The highest BCUT2D eigenvalue weighted by atomic mass is 32.2. The number of aromatic nitrogens is 3. The minimum absolute atomic E-state index is 0.0875. The second-order valence-corrected chi connectivity index (χ2v) is 6.88. The standard InChI is InChI=1S/C19H16F2N4O3S/c1-10-6-11(2)23-18(13(10)8-22)29-9-16-24-17(25-28-16)12-4-5-14(27-19(20)21)15(7-12)26-3/h4-7,19H,9H2,1-3H3. The summed E-state index contributed by atoms with van der Waals surface area (Å²) in [6.07, 6.45) is 0. The highest BCUT2D eigenvalue weighted by molar-refractivity contribution is 7.98. The zero-order chi connectivity index (χ0) is 21.0. The molecule has 10 heteroatoms. The molecule has 1 aromatic carbocycles. The molecule has 0 bridgehead atoms. The van der Waals surface area contributed by atoms with Crippen molar-refractivity contribution in [1.82, 2.24) is 15.1 Å². The van der Waals surface area contributed by atoms with Crippen LogP contribution in [0.5, 0.6) is 11.5 Å². The van der Waals surface area contributed by atoms with Crippen molar-refractivity contribution in [3.8, 4) is 29.0 Å². The van der Waals surface area contributed by atoms with Crippen molar-refractivity contribution in [2.75, 3.05) is 7.11 Å². The summed E-state index contributed by atoms with van der Waals surface area (Å²) in [5.74, 6) is 0.969. The summed E-state index contributed by atoms with van der Waals surface area (Å²) in [6, 6.07) is 8.37. The molecule has 0 spiro atoms. The van der Waals surface area contributed by atoms with Crippen LogP contribution in [0.15, 0.2) is 33.8 Å². The smallest absolute Gasteiger partial charge is 0.387 e. The number of thioether (sulfide) groups is 1. The Kier molecular flexibility index (Phi) is 6.29. The number of aryl methyl sites for hydroxylation is 2. The van der Waals surface area contributed by atoms with Crippen LogP contribution in [-0.2, 0) is 5.75 Å². The summed E-state index contributed by atoms with van der Waals surface area (Å²) in [5.41, 5.74) is 2.70. The fraction of sp³-hybridized carbons (Fsp3) is 0.263. The lowest BCUT2D eigenvalue weighted by Gasteiger charge is -2.10. The summed E-state index contributed by atoms with van der Waals surface area (Å²) in [6.45, 7) is 0.759. The van der Waals surface area contributed by atoms with Crippen LogP contribution in [0.4, 0.5) is 8.78 Å². The number of hydrogen-bond donors (Lipinski definition) is 0. The Balaban J connectivity index is 1.78. The third kappa shape index (κ3) is 4.81. The number of benzene rings is 1. The van der Waals surface area contributed by atoms with Crippen LogP contribution in [-0.4, -0.2) is 28.8 Å². The number of methoxy groups -OCH3 is 1. The molecule has 0 fully saturated rings. The first-order valence-electron chi connectivity index (χ1n) is 8.38. The third-order valence-corrected chi connectivity index (χ3v) is 4.82. The van der Waals surface area contributed by atoms with Crippen LogP contribution >= 0.6 is 11.8 Å². The van der Waals surface area contributed by atoms with E-state index in [1.54, 1.807) is 0 Å². The van der Waals surface area contributed by atoms with Gasteiger partial charge in [-0.1, -0.05) is 16.9 Å². The van der Waals surface area contributed by atoms with Crippen LogP contribution in [0.2, 0.25) is 0 Å². The first-order valence-corrected chi connectivity index (χ1v) is 9.36. The number of halogens is 2. The number of hydrogen-bond acceptors (Lipinski definition) is 8. The topological polar surface area (TPSA) is 94.1 Å². The van der Waals surface area contributed by atoms with E-state index in [9.17, 15) is 14.0 Å². The Hall–Kier alpha value is -3.19. The van der Waals surface area contributed by atoms with Gasteiger partial charge in [0, 0.05) is 11.3 Å². The predicted octanol–water partition coefficient (Wildman–Crippen LogP) is 4.52. The summed E-state index contributed by atoms with van der Waals surface area (Å²) in [7, 11) is 1.35. The Morgan fingerprint density at radius 3 is 2.69 bits per heavy atom. The Bertz CT molecular complexity index is 1070. The van der Waals surface area contributed by atoms with Crippen molar-refractivity contribution in [1.29, 1.82) is 5.26 Å². The van der Waals surface area contributed by atoms with E-state index in [0.29, 0.717) is 27.8 Å². The second kappa shape index (κ2) is 8.87. The molecule has 0 saturated carbocycles. The molecule has 0 aliphatic carbocycles. The molecule has 2 heterocycles. The van der Waals surface area contributed by atoms with Gasteiger partial charge < -0.3 is 14.0 Å². The molecule has 0 amide bonds. The molecule has 3 aromatic rings. The number of ether oxygens (including phenoxy) is 2. The van der Waals surface area contributed by atoms with E-state index >= 15 is 0 Å². The molecule has 7 nitrogen and oxygen atoms in total. The second-order valence-electron chi connectivity index (χ2n) is 5.92. The van der Waals surface area contributed by atoms with E-state index in [-0.39, 0.29) is 17.3 Å². The molecule has 0 N–H and O–H groups in total. The zero-order valence-electron chi connectivity index (χ0n) is 15.8. The number of nitrogens with zero attached hydrogens (tertiary/aromatic N) is 4. The molecular weight excluding hydrogens is 402 g/mol. The van der Waals surface area contributed by atoms with Crippen LogP contribution in [0.3, 0.4) is 0 Å². The van der Waals surface area contributed by atoms with Gasteiger partial charge >= 0.3 is 6.61 Å². The number of alkyl halides is 2. The lowest BCUT2D eigenvalue weighted by molar-refractivity contribution is -0.0512. The lowest BCUT2D eigenvalue weighted by Crippen LogP contribution is -2.03. The van der Waals surface area contributed by atoms with Crippen molar-refractivity contribution in [3.05, 3.63) is 47.0 Å². The van der Waals surface area contributed by atoms with Gasteiger partial charge in [-0.25, -0.2) is 4.98 Å². The molecule has 0 saturated heterocycles. The fourth-order valence-corrected chi connectivity index (χ4v) is 3.54. The molecule has 29 heavy (non-hydrogen) atoms. The molecular formula is C19H16F2N4O3S. The van der Waals surface area contributed by atoms with E-state index in [2.05, 4.69) is 25.9 Å². The van der Waals surface area contributed by atoms with Crippen molar-refractivity contribution < 1.29 is 22.8 Å². The monoisotopic (exact) mass is 418 g/mol. The zero-order valence-corrected chi connectivity index (χ0v) is 16.6. The van der Waals surface area contributed by atoms with Crippen LogP contribution in [0.1, 0.15) is 22.7 Å². The van der Waals surface area contributed by atoms with E-state index < -0.39 is 6.61 Å². The molecule has 2 aromatic heterocycles. The summed E-state index contributed by atoms with van der Waals surface area (Å²) in [4.78, 5) is 8.71. The molecule has 0 atom stereocenters. The van der Waals surface area contributed by atoms with E-state index in [4.69, 9.17) is 9.26 Å². The van der Waals surface area contributed by atoms with E-state index in [1.807, 2.05) is 19.9 Å². The van der Waals surface area contributed by atoms with Crippen molar-refractivity contribution in [2.24, 2.45) is 0 Å². The number of rotatable bonds is 7. The van der Waals surface area contributed by atoms with Crippen molar-refractivity contribution in [2.45, 2.75) is 31.2 Å². The average molecular weight is 418 g/mol.